The fourth-order valence-electron chi connectivity index (χ4n) is 2.23. The van der Waals surface area contributed by atoms with E-state index in [4.69, 9.17) is 0 Å². The summed E-state index contributed by atoms with van der Waals surface area (Å²) in [6, 6.07) is 6.13. The topological polar surface area (TPSA) is 109 Å². The molecule has 0 aliphatic carbocycles. The molecule has 124 valence electrons. The summed E-state index contributed by atoms with van der Waals surface area (Å²) < 4.78 is 89.5. The minimum absolute atomic E-state index is 0.629. The van der Waals surface area contributed by atoms with Gasteiger partial charge in [-0.1, -0.05) is 24.3 Å². The van der Waals surface area contributed by atoms with Gasteiger partial charge in [-0.05, 0) is 35.4 Å². The average Bonchev–Trinajstić information content (AvgIpc) is 2.40. The molecule has 0 atom stereocenters. The summed E-state index contributed by atoms with van der Waals surface area (Å²) in [5, 5.41) is 0. The van der Waals surface area contributed by atoms with Gasteiger partial charge in [0.05, 0.1) is 0 Å². The van der Waals surface area contributed by atoms with Crippen molar-refractivity contribution in [1.82, 2.24) is 0 Å². The number of halogens is 2. The van der Waals surface area contributed by atoms with Crippen LogP contribution in [0.2, 0.25) is 0 Å². The summed E-state index contributed by atoms with van der Waals surface area (Å²) in [6.07, 6.45) is 0. The van der Waals surface area contributed by atoms with Crippen LogP contribution in [0.4, 0.5) is 8.78 Å². The summed E-state index contributed by atoms with van der Waals surface area (Å²) in [5.41, 5.74) is -1.26. The van der Waals surface area contributed by atoms with Gasteiger partial charge in [0.25, 0.3) is 24.3 Å². The van der Waals surface area contributed by atoms with Crippen molar-refractivity contribution < 1.29 is 34.7 Å². The quantitative estimate of drug-likeness (QED) is 0.803. The van der Waals surface area contributed by atoms with Crippen LogP contribution in [0.15, 0.2) is 48.5 Å². The molecule has 6 nitrogen and oxygen atoms in total. The zero-order valence-corrected chi connectivity index (χ0v) is 12.9. The van der Waals surface area contributed by atoms with Crippen LogP contribution in [0, 0.1) is 11.6 Å². The Hall–Kier alpha value is -1.88. The number of hydrogen-bond donors (Lipinski definition) is 2. The van der Waals surface area contributed by atoms with Crippen LogP contribution in [0.3, 0.4) is 0 Å². The molecule has 0 saturated heterocycles. The van der Waals surface area contributed by atoms with E-state index >= 15 is 0 Å². The second kappa shape index (κ2) is 5.64. The molecular weight excluding hydrogens is 354 g/mol. The number of hydrogen-bond acceptors (Lipinski definition) is 4. The Kier molecular flexibility index (Phi) is 4.28. The zero-order chi connectivity index (χ0) is 17.5. The molecule has 2 N–H and O–H groups in total. The van der Waals surface area contributed by atoms with E-state index in [9.17, 15) is 34.7 Å². The molecule has 0 aromatic heterocycles. The summed E-state index contributed by atoms with van der Waals surface area (Å²) in [5.74, 6) is -1.60. The van der Waals surface area contributed by atoms with E-state index in [2.05, 4.69) is 0 Å². The van der Waals surface area contributed by atoms with Crippen molar-refractivity contribution in [3.63, 3.8) is 0 Å². The first-order chi connectivity index (χ1) is 10.5. The predicted octanol–water partition coefficient (Wildman–Crippen LogP) is 1.94. The van der Waals surface area contributed by atoms with Gasteiger partial charge < -0.3 is 0 Å². The first kappa shape index (κ1) is 17.5. The second-order valence-electron chi connectivity index (χ2n) is 4.58. The molecule has 0 aliphatic rings. The first-order valence-electron chi connectivity index (χ1n) is 5.96. The SMILES string of the molecule is O=S(=O)(O)C(c1ccc(F)cc1)(c1ccc(F)cc1)S(=O)(=O)O. The highest BCUT2D eigenvalue weighted by molar-refractivity contribution is 8.04. The van der Waals surface area contributed by atoms with Gasteiger partial charge in [0.15, 0.2) is 0 Å². The third-order valence-electron chi connectivity index (χ3n) is 3.18. The van der Waals surface area contributed by atoms with Gasteiger partial charge in [-0.25, -0.2) is 8.78 Å². The first-order valence-corrected chi connectivity index (χ1v) is 8.84. The normalized spacial score (nSPS) is 13.0. The van der Waals surface area contributed by atoms with Crippen molar-refractivity contribution in [2.45, 2.75) is 4.08 Å². The van der Waals surface area contributed by atoms with Crippen LogP contribution in [-0.4, -0.2) is 25.9 Å². The molecule has 0 heterocycles. The Labute approximate surface area is 130 Å². The van der Waals surface area contributed by atoms with E-state index in [0.29, 0.717) is 0 Å². The Morgan fingerprint density at radius 2 is 0.913 bits per heavy atom. The minimum Gasteiger partial charge on any atom is -0.284 e. The molecule has 23 heavy (non-hydrogen) atoms. The van der Waals surface area contributed by atoms with E-state index in [1.54, 1.807) is 0 Å². The van der Waals surface area contributed by atoms with Crippen LogP contribution in [0.5, 0.6) is 0 Å². The molecule has 0 amide bonds. The van der Waals surface area contributed by atoms with Gasteiger partial charge in [-0.2, -0.15) is 16.8 Å². The van der Waals surface area contributed by atoms with Crippen molar-refractivity contribution in [2.75, 3.05) is 0 Å². The van der Waals surface area contributed by atoms with Gasteiger partial charge in [-0.15, -0.1) is 0 Å². The number of benzene rings is 2. The third kappa shape index (κ3) is 2.85. The maximum absolute atomic E-state index is 13.0. The molecule has 0 saturated carbocycles. The van der Waals surface area contributed by atoms with Crippen LogP contribution in [0.1, 0.15) is 11.1 Å². The third-order valence-corrected chi connectivity index (χ3v) is 6.83. The van der Waals surface area contributed by atoms with E-state index in [-0.39, 0.29) is 0 Å². The lowest BCUT2D eigenvalue weighted by atomic mass is 10.0. The molecule has 2 aromatic carbocycles. The Morgan fingerprint density at radius 3 is 1.13 bits per heavy atom. The van der Waals surface area contributed by atoms with Crippen LogP contribution < -0.4 is 0 Å². The predicted molar refractivity (Wildman–Crippen MR) is 76.7 cm³/mol. The fraction of sp³-hybridized carbons (Fsp3) is 0.0769. The molecular formula is C13H10F2O6S2. The van der Waals surface area contributed by atoms with Crippen molar-refractivity contribution in [3.05, 3.63) is 71.3 Å². The largest absolute Gasteiger partial charge is 0.296 e. The Morgan fingerprint density at radius 1 is 0.652 bits per heavy atom. The van der Waals surface area contributed by atoms with Crippen LogP contribution in [-0.2, 0) is 24.3 Å². The lowest BCUT2D eigenvalue weighted by Crippen LogP contribution is -2.44. The molecule has 2 rings (SSSR count). The highest BCUT2D eigenvalue weighted by Gasteiger charge is 2.57. The highest BCUT2D eigenvalue weighted by Crippen LogP contribution is 2.42. The molecule has 0 spiro atoms. The Balaban J connectivity index is 2.99. The summed E-state index contributed by atoms with van der Waals surface area (Å²) in [6.45, 7) is 0. The molecule has 0 bridgehead atoms. The summed E-state index contributed by atoms with van der Waals surface area (Å²) in [4.78, 5) is 0. The second-order valence-corrected chi connectivity index (χ2v) is 7.96. The molecule has 0 fully saturated rings. The van der Waals surface area contributed by atoms with E-state index in [0.717, 1.165) is 48.5 Å². The van der Waals surface area contributed by atoms with Crippen molar-refractivity contribution >= 4 is 20.2 Å². The van der Waals surface area contributed by atoms with Gasteiger partial charge in [0.1, 0.15) is 11.6 Å². The zero-order valence-electron chi connectivity index (χ0n) is 11.2. The average molecular weight is 364 g/mol. The summed E-state index contributed by atoms with van der Waals surface area (Å²) >= 11 is 0. The summed E-state index contributed by atoms with van der Waals surface area (Å²) in [7, 11) is -11.0. The molecule has 2 aromatic rings. The lowest BCUT2D eigenvalue weighted by molar-refractivity contribution is 0.437. The smallest absolute Gasteiger partial charge is 0.284 e. The fourth-order valence-corrected chi connectivity index (χ4v) is 5.03. The van der Waals surface area contributed by atoms with Crippen molar-refractivity contribution in [2.24, 2.45) is 0 Å². The van der Waals surface area contributed by atoms with Crippen molar-refractivity contribution in [1.29, 1.82) is 0 Å². The minimum atomic E-state index is -5.50. The molecule has 0 unspecified atom stereocenters. The molecule has 10 heteroatoms. The Bertz CT molecular complexity index is 840. The van der Waals surface area contributed by atoms with Gasteiger partial charge in [0.2, 0.25) is 0 Å². The van der Waals surface area contributed by atoms with Crippen LogP contribution >= 0.6 is 0 Å². The van der Waals surface area contributed by atoms with Crippen molar-refractivity contribution in [3.8, 4) is 0 Å². The van der Waals surface area contributed by atoms with Gasteiger partial charge in [0, 0.05) is 0 Å². The van der Waals surface area contributed by atoms with E-state index in [1.807, 2.05) is 0 Å². The van der Waals surface area contributed by atoms with E-state index < -0.39 is 47.1 Å². The monoisotopic (exact) mass is 364 g/mol. The maximum Gasteiger partial charge on any atom is 0.296 e. The van der Waals surface area contributed by atoms with Gasteiger partial charge in [-0.3, -0.25) is 9.11 Å². The van der Waals surface area contributed by atoms with E-state index in [1.165, 1.54) is 0 Å². The van der Waals surface area contributed by atoms with Gasteiger partial charge >= 0.3 is 0 Å². The highest BCUT2D eigenvalue weighted by atomic mass is 32.3. The standard InChI is InChI=1S/C13H10F2O6S2/c14-11-5-1-9(2-6-11)13(22(16,17)18,23(19,20)21)10-3-7-12(15)8-4-10/h1-8H,(H,16,17,18)(H,19,20,21). The number of rotatable bonds is 4. The molecule has 0 radical (unpaired) electrons. The maximum atomic E-state index is 13.0. The lowest BCUT2D eigenvalue weighted by Gasteiger charge is -2.28. The van der Waals surface area contributed by atoms with Crippen LogP contribution in [0.25, 0.3) is 0 Å². The molecule has 0 aliphatic heterocycles.